The van der Waals surface area contributed by atoms with Gasteiger partial charge in [0.1, 0.15) is 17.4 Å². The smallest absolute Gasteiger partial charge is 0.139 e. The van der Waals surface area contributed by atoms with Crippen LogP contribution < -0.4 is 4.74 Å². The second kappa shape index (κ2) is 5.93. The second-order valence-corrected chi connectivity index (χ2v) is 4.86. The van der Waals surface area contributed by atoms with Gasteiger partial charge >= 0.3 is 0 Å². The van der Waals surface area contributed by atoms with Gasteiger partial charge in [0.15, 0.2) is 0 Å². The molecule has 90 valence electrons. The lowest BCUT2D eigenvalue weighted by Crippen LogP contribution is -2.15. The Bertz CT molecular complexity index is 417. The molecule has 0 aliphatic heterocycles. The first-order valence-corrected chi connectivity index (χ1v) is 6.54. The summed E-state index contributed by atoms with van der Waals surface area (Å²) < 4.78 is 5.93. The Balaban J connectivity index is 2.12. The average Bonchev–Trinajstić information content (AvgIpc) is 2.58. The Morgan fingerprint density at radius 3 is 2.53 bits per heavy atom. The maximum absolute atomic E-state index is 9.07. The second-order valence-electron chi connectivity index (χ2n) is 4.46. The third kappa shape index (κ3) is 3.14. The van der Waals surface area contributed by atoms with Crippen LogP contribution in [0.4, 0.5) is 0 Å². The minimum atomic E-state index is 0.239. The molecule has 0 bridgehead atoms. The van der Waals surface area contributed by atoms with Crippen molar-refractivity contribution in [3.8, 4) is 11.8 Å². The van der Waals surface area contributed by atoms with Gasteiger partial charge in [0.2, 0.25) is 0 Å². The van der Waals surface area contributed by atoms with E-state index in [2.05, 4.69) is 6.07 Å². The molecule has 2 rings (SSSR count). The third-order valence-electron chi connectivity index (χ3n) is 3.18. The first kappa shape index (κ1) is 12.3. The lowest BCUT2D eigenvalue weighted by Gasteiger charge is -2.18. The molecule has 1 aromatic carbocycles. The average molecular weight is 250 g/mol. The van der Waals surface area contributed by atoms with Gasteiger partial charge < -0.3 is 4.74 Å². The SMILES string of the molecule is N#Cc1c(Cl)cccc1OC1CCCCCC1. The van der Waals surface area contributed by atoms with Crippen LogP contribution in [0.15, 0.2) is 18.2 Å². The van der Waals surface area contributed by atoms with E-state index in [-0.39, 0.29) is 6.10 Å². The van der Waals surface area contributed by atoms with Crippen molar-refractivity contribution in [1.29, 1.82) is 5.26 Å². The van der Waals surface area contributed by atoms with Crippen molar-refractivity contribution in [2.24, 2.45) is 0 Å². The van der Waals surface area contributed by atoms with Crippen molar-refractivity contribution >= 4 is 11.6 Å². The molecule has 0 radical (unpaired) electrons. The molecule has 17 heavy (non-hydrogen) atoms. The number of nitriles is 1. The Labute approximate surface area is 107 Å². The molecule has 1 aliphatic carbocycles. The molecule has 1 aromatic rings. The predicted octanol–water partition coefficient (Wildman–Crippen LogP) is 4.31. The highest BCUT2D eigenvalue weighted by Crippen LogP contribution is 2.29. The number of nitrogens with zero attached hydrogens (tertiary/aromatic N) is 1. The largest absolute Gasteiger partial charge is 0.489 e. The zero-order valence-corrected chi connectivity index (χ0v) is 10.5. The van der Waals surface area contributed by atoms with Crippen LogP contribution >= 0.6 is 11.6 Å². The van der Waals surface area contributed by atoms with E-state index in [0.29, 0.717) is 16.3 Å². The summed E-state index contributed by atoms with van der Waals surface area (Å²) in [6.07, 6.45) is 7.42. The highest BCUT2D eigenvalue weighted by atomic mass is 35.5. The van der Waals surface area contributed by atoms with E-state index in [1.807, 2.05) is 12.1 Å². The first-order chi connectivity index (χ1) is 8.31. The summed E-state index contributed by atoms with van der Waals surface area (Å²) in [5.74, 6) is 0.631. The lowest BCUT2D eigenvalue weighted by molar-refractivity contribution is 0.183. The van der Waals surface area contributed by atoms with E-state index >= 15 is 0 Å². The molecular formula is C14H16ClNO. The van der Waals surface area contributed by atoms with Gasteiger partial charge in [-0.15, -0.1) is 0 Å². The fraction of sp³-hybridized carbons (Fsp3) is 0.500. The molecule has 0 spiro atoms. The fourth-order valence-electron chi connectivity index (χ4n) is 2.25. The van der Waals surface area contributed by atoms with Crippen LogP contribution in [0.1, 0.15) is 44.1 Å². The van der Waals surface area contributed by atoms with Crippen molar-refractivity contribution in [1.82, 2.24) is 0 Å². The normalized spacial score (nSPS) is 17.2. The molecule has 0 aromatic heterocycles. The van der Waals surface area contributed by atoms with E-state index < -0.39 is 0 Å². The van der Waals surface area contributed by atoms with Crippen LogP contribution in [0.2, 0.25) is 5.02 Å². The van der Waals surface area contributed by atoms with E-state index in [1.54, 1.807) is 6.07 Å². The summed E-state index contributed by atoms with van der Waals surface area (Å²) in [5.41, 5.74) is 0.457. The van der Waals surface area contributed by atoms with Gasteiger partial charge in [-0.2, -0.15) is 5.26 Å². The molecule has 3 heteroatoms. The minimum Gasteiger partial charge on any atom is -0.489 e. The summed E-state index contributed by atoms with van der Waals surface area (Å²) in [6.45, 7) is 0. The number of hydrogen-bond acceptors (Lipinski definition) is 2. The highest BCUT2D eigenvalue weighted by molar-refractivity contribution is 6.31. The highest BCUT2D eigenvalue weighted by Gasteiger charge is 2.16. The molecule has 0 atom stereocenters. The molecule has 0 N–H and O–H groups in total. The summed E-state index contributed by atoms with van der Waals surface area (Å²) in [6, 6.07) is 7.49. The summed E-state index contributed by atoms with van der Waals surface area (Å²) in [7, 11) is 0. The quantitative estimate of drug-likeness (QED) is 0.732. The van der Waals surface area contributed by atoms with Gasteiger partial charge in [0.05, 0.1) is 11.1 Å². The zero-order chi connectivity index (χ0) is 12.1. The zero-order valence-electron chi connectivity index (χ0n) is 9.79. The van der Waals surface area contributed by atoms with Gasteiger partial charge in [-0.25, -0.2) is 0 Å². The van der Waals surface area contributed by atoms with Crippen molar-refractivity contribution in [3.63, 3.8) is 0 Å². The van der Waals surface area contributed by atoms with Gasteiger partial charge in [-0.3, -0.25) is 0 Å². The van der Waals surface area contributed by atoms with Gasteiger partial charge in [0, 0.05) is 0 Å². The van der Waals surface area contributed by atoms with Crippen LogP contribution in [0.25, 0.3) is 0 Å². The molecule has 0 saturated heterocycles. The Morgan fingerprint density at radius 1 is 1.18 bits per heavy atom. The maximum Gasteiger partial charge on any atom is 0.139 e. The minimum absolute atomic E-state index is 0.239. The summed E-state index contributed by atoms with van der Waals surface area (Å²) >= 11 is 5.98. The molecule has 1 fully saturated rings. The molecule has 0 heterocycles. The van der Waals surface area contributed by atoms with E-state index in [1.165, 1.54) is 25.7 Å². The molecule has 0 amide bonds. The van der Waals surface area contributed by atoms with Crippen LogP contribution in [0.3, 0.4) is 0 Å². The van der Waals surface area contributed by atoms with Crippen LogP contribution in [-0.4, -0.2) is 6.10 Å². The Morgan fingerprint density at radius 2 is 1.88 bits per heavy atom. The van der Waals surface area contributed by atoms with Gasteiger partial charge in [-0.05, 0) is 37.8 Å². The van der Waals surface area contributed by atoms with E-state index in [4.69, 9.17) is 21.6 Å². The number of benzene rings is 1. The summed E-state index contributed by atoms with van der Waals surface area (Å²) in [4.78, 5) is 0. The first-order valence-electron chi connectivity index (χ1n) is 6.16. The fourth-order valence-corrected chi connectivity index (χ4v) is 2.46. The summed E-state index contributed by atoms with van der Waals surface area (Å²) in [5, 5.41) is 9.54. The monoisotopic (exact) mass is 249 g/mol. The standard InChI is InChI=1S/C14H16ClNO/c15-13-8-5-9-14(12(13)10-16)17-11-6-3-1-2-4-7-11/h5,8-9,11H,1-4,6-7H2. The van der Waals surface area contributed by atoms with Crippen molar-refractivity contribution in [3.05, 3.63) is 28.8 Å². The molecule has 2 nitrogen and oxygen atoms in total. The van der Waals surface area contributed by atoms with Crippen molar-refractivity contribution in [2.75, 3.05) is 0 Å². The number of halogens is 1. The lowest BCUT2D eigenvalue weighted by atomic mass is 10.1. The van der Waals surface area contributed by atoms with Crippen LogP contribution in [0, 0.1) is 11.3 Å². The van der Waals surface area contributed by atoms with Crippen molar-refractivity contribution in [2.45, 2.75) is 44.6 Å². The molecule has 0 unspecified atom stereocenters. The molecule has 1 saturated carbocycles. The number of ether oxygens (including phenoxy) is 1. The van der Waals surface area contributed by atoms with Crippen LogP contribution in [-0.2, 0) is 0 Å². The molecular weight excluding hydrogens is 234 g/mol. The Hall–Kier alpha value is -1.20. The molecule has 1 aliphatic rings. The number of rotatable bonds is 2. The topological polar surface area (TPSA) is 33.0 Å². The maximum atomic E-state index is 9.07. The van der Waals surface area contributed by atoms with Crippen molar-refractivity contribution < 1.29 is 4.74 Å². The Kier molecular flexibility index (Phi) is 4.28. The number of hydrogen-bond donors (Lipinski definition) is 0. The van der Waals surface area contributed by atoms with Gasteiger partial charge in [0.25, 0.3) is 0 Å². The van der Waals surface area contributed by atoms with Gasteiger partial charge in [-0.1, -0.05) is 30.5 Å². The predicted molar refractivity (Wildman–Crippen MR) is 68.3 cm³/mol. The van der Waals surface area contributed by atoms with E-state index in [9.17, 15) is 0 Å². The van der Waals surface area contributed by atoms with E-state index in [0.717, 1.165) is 12.8 Å². The van der Waals surface area contributed by atoms with Crippen LogP contribution in [0.5, 0.6) is 5.75 Å². The third-order valence-corrected chi connectivity index (χ3v) is 3.50.